The van der Waals surface area contributed by atoms with Crippen molar-refractivity contribution >= 4 is 6.09 Å². The molecule has 1 saturated heterocycles. The van der Waals surface area contributed by atoms with E-state index in [1.807, 2.05) is 41.5 Å². The lowest BCUT2D eigenvalue weighted by Gasteiger charge is -2.30. The van der Waals surface area contributed by atoms with Gasteiger partial charge in [0, 0.05) is 18.4 Å². The highest BCUT2D eigenvalue weighted by Gasteiger charge is 2.37. The molecule has 24 heavy (non-hydrogen) atoms. The quantitative estimate of drug-likeness (QED) is 0.911. The summed E-state index contributed by atoms with van der Waals surface area (Å²) in [5, 5.41) is 14.5. The first-order valence-electron chi connectivity index (χ1n) is 8.48. The number of ether oxygens (including phenoxy) is 1. The molecular weight excluding hydrogens is 310 g/mol. The van der Waals surface area contributed by atoms with Gasteiger partial charge in [0.1, 0.15) is 5.60 Å². The number of hydrogen-bond acceptors (Lipinski definition) is 6. The number of amides is 1. The predicted octanol–water partition coefficient (Wildman–Crippen LogP) is 2.67. The van der Waals surface area contributed by atoms with E-state index in [-0.39, 0.29) is 24.0 Å². The molecule has 2 rings (SSSR count). The number of nitrogens with zero attached hydrogens (tertiary/aromatic N) is 3. The van der Waals surface area contributed by atoms with E-state index in [4.69, 9.17) is 9.26 Å². The summed E-state index contributed by atoms with van der Waals surface area (Å²) in [7, 11) is 0. The van der Waals surface area contributed by atoms with Crippen molar-refractivity contribution in [2.24, 2.45) is 0 Å². The van der Waals surface area contributed by atoms with E-state index in [1.165, 1.54) is 0 Å². The van der Waals surface area contributed by atoms with Crippen LogP contribution in [0.3, 0.4) is 0 Å². The number of carbonyl (C=O) groups is 1. The SMILES string of the molecule is CC(C)(C)OC(=O)N1CCC[C@H]1C(O)Cc1noc(C(C)(C)C)n1. The third kappa shape index (κ3) is 4.69. The van der Waals surface area contributed by atoms with E-state index in [2.05, 4.69) is 10.1 Å². The Kier molecular flexibility index (Phi) is 5.22. The van der Waals surface area contributed by atoms with Crippen LogP contribution in [-0.2, 0) is 16.6 Å². The van der Waals surface area contributed by atoms with Crippen LogP contribution < -0.4 is 0 Å². The van der Waals surface area contributed by atoms with E-state index in [9.17, 15) is 9.90 Å². The summed E-state index contributed by atoms with van der Waals surface area (Å²) >= 11 is 0. The lowest BCUT2D eigenvalue weighted by molar-refractivity contribution is 0.00500. The second-order valence-corrected chi connectivity index (χ2v) is 8.42. The molecule has 1 amide bonds. The molecule has 7 heteroatoms. The average molecular weight is 339 g/mol. The number of aliphatic hydroxyl groups excluding tert-OH is 1. The van der Waals surface area contributed by atoms with Gasteiger partial charge < -0.3 is 19.3 Å². The third-order valence-electron chi connectivity index (χ3n) is 3.87. The van der Waals surface area contributed by atoms with E-state index < -0.39 is 11.7 Å². The van der Waals surface area contributed by atoms with Crippen molar-refractivity contribution in [2.45, 2.75) is 84.0 Å². The van der Waals surface area contributed by atoms with Crippen LogP contribution in [0.5, 0.6) is 0 Å². The Balaban J connectivity index is 2.01. The summed E-state index contributed by atoms with van der Waals surface area (Å²) in [5.41, 5.74) is -0.781. The van der Waals surface area contributed by atoms with Crippen LogP contribution in [0.1, 0.15) is 66.1 Å². The highest BCUT2D eigenvalue weighted by Crippen LogP contribution is 2.25. The van der Waals surface area contributed by atoms with Gasteiger partial charge in [-0.3, -0.25) is 0 Å². The Bertz CT molecular complexity index is 571. The first-order chi connectivity index (χ1) is 11.0. The van der Waals surface area contributed by atoms with Crippen LogP contribution >= 0.6 is 0 Å². The monoisotopic (exact) mass is 339 g/mol. The summed E-state index contributed by atoms with van der Waals surface area (Å²) in [6, 6.07) is -0.281. The van der Waals surface area contributed by atoms with Crippen LogP contribution in [0.15, 0.2) is 4.52 Å². The van der Waals surface area contributed by atoms with E-state index in [1.54, 1.807) is 4.90 Å². The Morgan fingerprint density at radius 3 is 2.58 bits per heavy atom. The minimum atomic E-state index is -0.745. The van der Waals surface area contributed by atoms with Crippen molar-refractivity contribution in [3.05, 3.63) is 11.7 Å². The highest BCUT2D eigenvalue weighted by molar-refractivity contribution is 5.69. The van der Waals surface area contributed by atoms with Gasteiger partial charge in [0.05, 0.1) is 12.1 Å². The second-order valence-electron chi connectivity index (χ2n) is 8.42. The minimum Gasteiger partial charge on any atom is -0.444 e. The van der Waals surface area contributed by atoms with Gasteiger partial charge in [-0.1, -0.05) is 25.9 Å². The Hall–Kier alpha value is -1.63. The first kappa shape index (κ1) is 18.7. The molecule has 1 N–H and O–H groups in total. The molecule has 7 nitrogen and oxygen atoms in total. The second kappa shape index (κ2) is 6.70. The zero-order valence-electron chi connectivity index (χ0n) is 15.5. The van der Waals surface area contributed by atoms with Crippen LogP contribution in [-0.4, -0.2) is 50.5 Å². The van der Waals surface area contributed by atoms with Crippen molar-refractivity contribution in [1.82, 2.24) is 15.0 Å². The van der Waals surface area contributed by atoms with Crippen molar-refractivity contribution < 1.29 is 19.2 Å². The average Bonchev–Trinajstić information content (AvgIpc) is 3.03. The standard InChI is InChI=1S/C17H29N3O4/c1-16(2,3)14-18-13(19-24-14)10-12(21)11-8-7-9-20(11)15(22)23-17(4,5)6/h11-12,21H,7-10H2,1-6H3/t11-,12?/m0/s1. The topological polar surface area (TPSA) is 88.7 Å². The van der Waals surface area contributed by atoms with Crippen molar-refractivity contribution in [3.8, 4) is 0 Å². The van der Waals surface area contributed by atoms with Gasteiger partial charge in [-0.2, -0.15) is 4.98 Å². The van der Waals surface area contributed by atoms with Gasteiger partial charge in [0.15, 0.2) is 5.82 Å². The number of likely N-dealkylation sites (tertiary alicyclic amines) is 1. The summed E-state index contributed by atoms with van der Waals surface area (Å²) in [6.07, 6.45) is 0.715. The van der Waals surface area contributed by atoms with Gasteiger partial charge in [-0.15, -0.1) is 0 Å². The molecule has 0 bridgehead atoms. The maximum Gasteiger partial charge on any atom is 0.410 e. The Morgan fingerprint density at radius 1 is 1.38 bits per heavy atom. The van der Waals surface area contributed by atoms with E-state index in [0.717, 1.165) is 12.8 Å². The summed E-state index contributed by atoms with van der Waals surface area (Å²) < 4.78 is 10.7. The van der Waals surface area contributed by atoms with Gasteiger partial charge in [-0.25, -0.2) is 4.79 Å². The lowest BCUT2D eigenvalue weighted by atomic mass is 9.97. The smallest absolute Gasteiger partial charge is 0.410 e. The van der Waals surface area contributed by atoms with Gasteiger partial charge in [0.25, 0.3) is 0 Å². The van der Waals surface area contributed by atoms with Gasteiger partial charge >= 0.3 is 6.09 Å². The van der Waals surface area contributed by atoms with Crippen LogP contribution in [0.4, 0.5) is 4.79 Å². The zero-order valence-corrected chi connectivity index (χ0v) is 15.5. The normalized spacial score (nSPS) is 20.3. The number of rotatable bonds is 3. The molecule has 1 fully saturated rings. The largest absolute Gasteiger partial charge is 0.444 e. The fourth-order valence-electron chi connectivity index (χ4n) is 2.70. The summed E-state index contributed by atoms with van der Waals surface area (Å²) in [5.74, 6) is 1.00. The molecule has 1 aliphatic rings. The molecule has 0 spiro atoms. The molecule has 1 aromatic heterocycles. The molecule has 1 aromatic rings. The van der Waals surface area contributed by atoms with E-state index >= 15 is 0 Å². The number of aliphatic hydroxyl groups is 1. The van der Waals surface area contributed by atoms with Crippen molar-refractivity contribution in [1.29, 1.82) is 0 Å². The third-order valence-corrected chi connectivity index (χ3v) is 3.87. The van der Waals surface area contributed by atoms with Crippen molar-refractivity contribution in [3.63, 3.8) is 0 Å². The first-order valence-corrected chi connectivity index (χ1v) is 8.48. The fourth-order valence-corrected chi connectivity index (χ4v) is 2.70. The summed E-state index contributed by atoms with van der Waals surface area (Å²) in [4.78, 5) is 18.3. The maximum atomic E-state index is 12.3. The molecule has 1 aliphatic heterocycles. The Labute approximate surface area is 143 Å². The van der Waals surface area contributed by atoms with Crippen LogP contribution in [0.25, 0.3) is 0 Å². The molecular formula is C17H29N3O4. The summed E-state index contributed by atoms with van der Waals surface area (Å²) in [6.45, 7) is 12.1. The highest BCUT2D eigenvalue weighted by atomic mass is 16.6. The van der Waals surface area contributed by atoms with Gasteiger partial charge in [0.2, 0.25) is 5.89 Å². The van der Waals surface area contributed by atoms with Crippen molar-refractivity contribution in [2.75, 3.05) is 6.54 Å². The predicted molar refractivity (Wildman–Crippen MR) is 88.7 cm³/mol. The minimum absolute atomic E-state index is 0.230. The zero-order chi connectivity index (χ0) is 18.1. The number of carbonyl (C=O) groups excluding carboxylic acids is 1. The van der Waals surface area contributed by atoms with Crippen LogP contribution in [0, 0.1) is 0 Å². The molecule has 2 heterocycles. The Morgan fingerprint density at radius 2 is 2.04 bits per heavy atom. The molecule has 1 unspecified atom stereocenters. The van der Waals surface area contributed by atoms with E-state index in [0.29, 0.717) is 18.3 Å². The number of hydrogen-bond donors (Lipinski definition) is 1. The number of aromatic nitrogens is 2. The molecule has 2 atom stereocenters. The maximum absolute atomic E-state index is 12.3. The lowest BCUT2D eigenvalue weighted by Crippen LogP contribution is -2.45. The molecule has 0 aromatic carbocycles. The molecule has 136 valence electrons. The molecule has 0 aliphatic carbocycles. The molecule has 0 saturated carbocycles. The van der Waals surface area contributed by atoms with Gasteiger partial charge in [-0.05, 0) is 33.6 Å². The van der Waals surface area contributed by atoms with Crippen LogP contribution in [0.2, 0.25) is 0 Å². The molecule has 0 radical (unpaired) electrons. The fraction of sp³-hybridized carbons (Fsp3) is 0.824.